The van der Waals surface area contributed by atoms with Gasteiger partial charge in [0.15, 0.2) is 0 Å². The van der Waals surface area contributed by atoms with E-state index in [1.807, 2.05) is 53.6 Å². The van der Waals surface area contributed by atoms with Crippen LogP contribution in [0.5, 0.6) is 0 Å². The van der Waals surface area contributed by atoms with Crippen LogP contribution in [0.25, 0.3) is 10.8 Å². The maximum Gasteiger partial charge on any atom is 0.326 e. The van der Waals surface area contributed by atoms with Crippen molar-refractivity contribution in [1.29, 1.82) is 0 Å². The summed E-state index contributed by atoms with van der Waals surface area (Å²) in [6.07, 6.45) is 5.22. The number of rotatable bonds is 16. The van der Waals surface area contributed by atoms with Gasteiger partial charge in [-0.2, -0.15) is 11.8 Å². The molecule has 0 aromatic heterocycles. The first-order valence-corrected chi connectivity index (χ1v) is 15.4. The Morgan fingerprint density at radius 3 is 2.62 bits per heavy atom. The molecule has 0 aliphatic carbocycles. The van der Waals surface area contributed by atoms with Crippen molar-refractivity contribution in [2.75, 3.05) is 31.6 Å². The second-order valence-corrected chi connectivity index (χ2v) is 11.5. The first kappa shape index (κ1) is 31.4. The van der Waals surface area contributed by atoms with Gasteiger partial charge in [0, 0.05) is 25.7 Å². The van der Waals surface area contributed by atoms with Gasteiger partial charge in [-0.3, -0.25) is 19.3 Å². The van der Waals surface area contributed by atoms with Crippen LogP contribution in [0.3, 0.4) is 0 Å². The Hall–Kier alpha value is -3.11. The molecule has 0 spiro atoms. The van der Waals surface area contributed by atoms with Crippen LogP contribution in [-0.2, 0) is 25.7 Å². The maximum atomic E-state index is 13.2. The van der Waals surface area contributed by atoms with Gasteiger partial charge in [0.2, 0.25) is 18.2 Å². The van der Waals surface area contributed by atoms with Crippen LogP contribution in [0.15, 0.2) is 42.5 Å². The summed E-state index contributed by atoms with van der Waals surface area (Å²) in [5, 5.41) is 17.7. The SMILES string of the molecule is CC[C@H](C)[C@@H](CN(CC(=O)N[C@@H](CCSC)C(=O)O)Cc1cccc2ccccc12)NC(=O)[C@@H]1CCCN1C=O. The summed E-state index contributed by atoms with van der Waals surface area (Å²) in [7, 11) is 0. The number of hydrogen-bond acceptors (Lipinski definition) is 6. The molecule has 40 heavy (non-hydrogen) atoms. The lowest BCUT2D eigenvalue weighted by molar-refractivity contribution is -0.142. The highest BCUT2D eigenvalue weighted by Crippen LogP contribution is 2.22. The Bertz CT molecular complexity index is 1160. The van der Waals surface area contributed by atoms with Gasteiger partial charge in [0.25, 0.3) is 0 Å². The highest BCUT2D eigenvalue weighted by Gasteiger charge is 2.32. The molecule has 0 radical (unpaired) electrons. The Morgan fingerprint density at radius 1 is 1.18 bits per heavy atom. The van der Waals surface area contributed by atoms with E-state index in [0.29, 0.717) is 38.2 Å². The smallest absolute Gasteiger partial charge is 0.326 e. The molecular weight excluding hydrogens is 528 g/mol. The summed E-state index contributed by atoms with van der Waals surface area (Å²) < 4.78 is 0. The largest absolute Gasteiger partial charge is 0.480 e. The van der Waals surface area contributed by atoms with E-state index in [2.05, 4.69) is 24.5 Å². The van der Waals surface area contributed by atoms with Crippen LogP contribution in [-0.4, -0.2) is 88.9 Å². The number of carbonyl (C=O) groups is 4. The number of carbonyl (C=O) groups excluding carboxylic acids is 3. The van der Waals surface area contributed by atoms with E-state index in [1.165, 1.54) is 11.8 Å². The maximum absolute atomic E-state index is 13.2. The molecule has 9 nitrogen and oxygen atoms in total. The zero-order chi connectivity index (χ0) is 29.1. The molecule has 3 N–H and O–H groups in total. The van der Waals surface area contributed by atoms with E-state index in [0.717, 1.165) is 35.6 Å². The number of amides is 3. The van der Waals surface area contributed by atoms with Crippen molar-refractivity contribution in [2.24, 2.45) is 5.92 Å². The number of aliphatic carboxylic acids is 1. The van der Waals surface area contributed by atoms with Gasteiger partial charge in [-0.15, -0.1) is 0 Å². The lowest BCUT2D eigenvalue weighted by atomic mass is 9.97. The third-order valence-electron chi connectivity index (χ3n) is 7.73. The molecule has 2 aromatic carbocycles. The number of nitrogens with zero attached hydrogens (tertiary/aromatic N) is 2. The molecule has 1 fully saturated rings. The number of benzene rings is 2. The first-order chi connectivity index (χ1) is 19.3. The predicted octanol–water partition coefficient (Wildman–Crippen LogP) is 3.12. The fourth-order valence-electron chi connectivity index (χ4n) is 5.20. The van der Waals surface area contributed by atoms with Crippen molar-refractivity contribution in [3.05, 3.63) is 48.0 Å². The van der Waals surface area contributed by atoms with Crippen molar-refractivity contribution < 1.29 is 24.3 Å². The quantitative estimate of drug-likeness (QED) is 0.265. The van der Waals surface area contributed by atoms with Gasteiger partial charge in [-0.05, 0) is 53.5 Å². The minimum Gasteiger partial charge on any atom is -0.480 e. The van der Waals surface area contributed by atoms with Crippen molar-refractivity contribution >= 4 is 46.7 Å². The van der Waals surface area contributed by atoms with Gasteiger partial charge in [-0.25, -0.2) is 4.79 Å². The summed E-state index contributed by atoms with van der Waals surface area (Å²) in [4.78, 5) is 53.1. The molecule has 3 amide bonds. The van der Waals surface area contributed by atoms with Gasteiger partial charge in [-0.1, -0.05) is 62.7 Å². The van der Waals surface area contributed by atoms with E-state index < -0.39 is 18.1 Å². The fourth-order valence-corrected chi connectivity index (χ4v) is 5.67. The van der Waals surface area contributed by atoms with Crippen LogP contribution in [0.1, 0.15) is 45.1 Å². The van der Waals surface area contributed by atoms with Gasteiger partial charge >= 0.3 is 5.97 Å². The molecular formula is C30H42N4O5S. The Balaban J connectivity index is 1.84. The summed E-state index contributed by atoms with van der Waals surface area (Å²) in [6.45, 7) is 5.53. The molecule has 1 aliphatic heterocycles. The lowest BCUT2D eigenvalue weighted by Gasteiger charge is -2.33. The molecule has 4 atom stereocenters. The lowest BCUT2D eigenvalue weighted by Crippen LogP contribution is -2.53. The third kappa shape index (κ3) is 8.69. The minimum absolute atomic E-state index is 0.0149. The number of nitrogens with one attached hydrogen (secondary N) is 2. The molecule has 2 aromatic rings. The third-order valence-corrected chi connectivity index (χ3v) is 8.37. The number of carboxylic acids is 1. The second kappa shape index (κ2) is 15.6. The molecule has 218 valence electrons. The van der Waals surface area contributed by atoms with Crippen LogP contribution in [0, 0.1) is 5.92 Å². The fraction of sp³-hybridized carbons (Fsp3) is 0.533. The minimum atomic E-state index is -1.05. The Morgan fingerprint density at radius 2 is 1.93 bits per heavy atom. The Labute approximate surface area is 241 Å². The van der Waals surface area contributed by atoms with Crippen molar-refractivity contribution in [2.45, 2.75) is 64.2 Å². The first-order valence-electron chi connectivity index (χ1n) is 14.0. The second-order valence-electron chi connectivity index (χ2n) is 10.5. The van der Waals surface area contributed by atoms with Crippen LogP contribution >= 0.6 is 11.8 Å². The molecule has 0 saturated carbocycles. The van der Waals surface area contributed by atoms with Gasteiger partial charge < -0.3 is 20.6 Å². The average Bonchev–Trinajstić information content (AvgIpc) is 3.43. The van der Waals surface area contributed by atoms with Crippen molar-refractivity contribution in [1.82, 2.24) is 20.4 Å². The topological polar surface area (TPSA) is 119 Å². The highest BCUT2D eigenvalue weighted by molar-refractivity contribution is 7.98. The Kier molecular flexibility index (Phi) is 12.3. The van der Waals surface area contributed by atoms with Crippen molar-refractivity contribution in [3.8, 4) is 0 Å². The molecule has 1 heterocycles. The normalized spacial score (nSPS) is 17.4. The molecule has 1 aliphatic rings. The van der Waals surface area contributed by atoms with E-state index in [-0.39, 0.29) is 30.3 Å². The monoisotopic (exact) mass is 570 g/mol. The summed E-state index contributed by atoms with van der Waals surface area (Å²) >= 11 is 1.53. The molecule has 0 unspecified atom stereocenters. The zero-order valence-corrected chi connectivity index (χ0v) is 24.5. The number of carboxylic acid groups (broad SMARTS) is 1. The molecule has 1 saturated heterocycles. The number of thioether (sulfide) groups is 1. The molecule has 3 rings (SSSR count). The number of likely N-dealkylation sites (tertiary alicyclic amines) is 1. The standard InChI is InChI=1S/C30H42N4O5S/c1-4-21(2)26(32-29(37)27-13-8-15-34(27)20-35)18-33(19-28(36)31-25(30(38)39)14-16-40-3)17-23-11-7-10-22-9-5-6-12-24(22)23/h5-7,9-12,20-21,25-27H,4,8,13-19H2,1-3H3,(H,31,36)(H,32,37)(H,38,39)/t21-,25-,26+,27-/m0/s1. The molecule has 10 heteroatoms. The van der Waals surface area contributed by atoms with E-state index in [9.17, 15) is 24.3 Å². The van der Waals surface area contributed by atoms with Crippen LogP contribution < -0.4 is 10.6 Å². The van der Waals surface area contributed by atoms with E-state index in [4.69, 9.17) is 0 Å². The average molecular weight is 571 g/mol. The van der Waals surface area contributed by atoms with E-state index >= 15 is 0 Å². The molecule has 0 bridgehead atoms. The van der Waals surface area contributed by atoms with Crippen LogP contribution in [0.2, 0.25) is 0 Å². The predicted molar refractivity (Wildman–Crippen MR) is 159 cm³/mol. The van der Waals surface area contributed by atoms with Gasteiger partial charge in [0.05, 0.1) is 6.54 Å². The summed E-state index contributed by atoms with van der Waals surface area (Å²) in [5.74, 6) is -0.859. The summed E-state index contributed by atoms with van der Waals surface area (Å²) in [5.41, 5.74) is 1.04. The number of hydrogen-bond donors (Lipinski definition) is 3. The zero-order valence-electron chi connectivity index (χ0n) is 23.7. The van der Waals surface area contributed by atoms with Gasteiger partial charge in [0.1, 0.15) is 12.1 Å². The van der Waals surface area contributed by atoms with E-state index in [1.54, 1.807) is 4.90 Å². The highest BCUT2D eigenvalue weighted by atomic mass is 32.2. The van der Waals surface area contributed by atoms with Crippen molar-refractivity contribution in [3.63, 3.8) is 0 Å². The summed E-state index contributed by atoms with van der Waals surface area (Å²) in [6, 6.07) is 12.4. The van der Waals surface area contributed by atoms with Crippen LogP contribution in [0.4, 0.5) is 0 Å². The number of fused-ring (bicyclic) bond motifs is 1.